The molecule has 0 aromatic carbocycles. The normalized spacial score (nSPS) is 28.7. The molecule has 0 radical (unpaired) electrons. The number of nitrogens with one attached hydrogen (secondary N) is 1. The van der Waals surface area contributed by atoms with Crippen molar-refractivity contribution in [2.75, 3.05) is 32.7 Å². The van der Waals surface area contributed by atoms with E-state index in [-0.39, 0.29) is 0 Å². The predicted molar refractivity (Wildman–Crippen MR) is 82.6 cm³/mol. The van der Waals surface area contributed by atoms with Gasteiger partial charge in [-0.05, 0) is 79.1 Å². The lowest BCUT2D eigenvalue weighted by molar-refractivity contribution is 0.225. The van der Waals surface area contributed by atoms with Crippen molar-refractivity contribution in [1.29, 1.82) is 0 Å². The first-order valence-electron chi connectivity index (χ1n) is 8.38. The van der Waals surface area contributed by atoms with Crippen LogP contribution in [0, 0.1) is 0 Å². The summed E-state index contributed by atoms with van der Waals surface area (Å²) in [6, 6.07) is 2.17. The summed E-state index contributed by atoms with van der Waals surface area (Å²) in [6.45, 7) is 13.4. The molecule has 2 fully saturated rings. The Kier molecular flexibility index (Phi) is 6.11. The van der Waals surface area contributed by atoms with Crippen LogP contribution in [0.4, 0.5) is 0 Å². The second-order valence-corrected chi connectivity index (χ2v) is 6.76. The number of rotatable bonds is 5. The minimum Gasteiger partial charge on any atom is -0.312 e. The Morgan fingerprint density at radius 1 is 0.895 bits per heavy atom. The van der Waals surface area contributed by atoms with Crippen molar-refractivity contribution >= 4 is 0 Å². The van der Waals surface area contributed by atoms with E-state index in [1.54, 1.807) is 0 Å². The molecule has 0 bridgehead atoms. The minimum atomic E-state index is 0.710. The second-order valence-electron chi connectivity index (χ2n) is 6.76. The van der Waals surface area contributed by atoms with E-state index in [9.17, 15) is 0 Å². The summed E-state index contributed by atoms with van der Waals surface area (Å²) in [5, 5.41) is 3.83. The van der Waals surface area contributed by atoms with Gasteiger partial charge in [-0.15, -0.1) is 0 Å². The van der Waals surface area contributed by atoms with Gasteiger partial charge < -0.3 is 10.2 Å². The predicted octanol–water partition coefficient (Wildman–Crippen LogP) is 2.32. The molecule has 2 aliphatic rings. The summed E-state index contributed by atoms with van der Waals surface area (Å²) < 4.78 is 0. The summed E-state index contributed by atoms with van der Waals surface area (Å²) in [6.07, 6.45) is 6.84. The molecule has 1 N–H and O–H groups in total. The monoisotopic (exact) mass is 267 g/mol. The maximum Gasteiger partial charge on any atom is 0.0192 e. The Balaban J connectivity index is 1.68. The van der Waals surface area contributed by atoms with Gasteiger partial charge in [0.15, 0.2) is 0 Å². The zero-order valence-corrected chi connectivity index (χ0v) is 13.2. The molecule has 2 saturated heterocycles. The van der Waals surface area contributed by atoms with Crippen molar-refractivity contribution in [3.63, 3.8) is 0 Å². The Bertz CT molecular complexity index is 248. The van der Waals surface area contributed by atoms with Crippen LogP contribution in [0.1, 0.15) is 52.9 Å². The molecule has 2 rings (SSSR count). The maximum atomic E-state index is 3.83. The Morgan fingerprint density at radius 2 is 1.58 bits per heavy atom. The molecule has 2 aliphatic heterocycles. The van der Waals surface area contributed by atoms with Gasteiger partial charge in [0.2, 0.25) is 0 Å². The van der Waals surface area contributed by atoms with Gasteiger partial charge >= 0.3 is 0 Å². The first-order chi connectivity index (χ1) is 9.16. The second kappa shape index (κ2) is 7.61. The van der Waals surface area contributed by atoms with Crippen LogP contribution in [0.25, 0.3) is 0 Å². The summed E-state index contributed by atoms with van der Waals surface area (Å²) in [5.41, 5.74) is 0. The Hall–Kier alpha value is -0.120. The van der Waals surface area contributed by atoms with E-state index in [4.69, 9.17) is 0 Å². The van der Waals surface area contributed by atoms with Crippen molar-refractivity contribution in [2.45, 2.75) is 71.0 Å². The van der Waals surface area contributed by atoms with Crippen molar-refractivity contribution in [3.8, 4) is 0 Å². The zero-order valence-electron chi connectivity index (χ0n) is 13.2. The molecule has 2 heterocycles. The molecule has 19 heavy (non-hydrogen) atoms. The zero-order chi connectivity index (χ0) is 13.7. The van der Waals surface area contributed by atoms with Gasteiger partial charge in [0.25, 0.3) is 0 Å². The van der Waals surface area contributed by atoms with Gasteiger partial charge in [-0.25, -0.2) is 0 Å². The topological polar surface area (TPSA) is 18.5 Å². The summed E-state index contributed by atoms with van der Waals surface area (Å²) in [5.74, 6) is 0. The van der Waals surface area contributed by atoms with Crippen LogP contribution in [-0.2, 0) is 0 Å². The standard InChI is InChI=1S/C16H33N3/c1-14(2)18-11-6-7-16(8-12-18)17-13-15(3)19-9-4-5-10-19/h14-17H,4-13H2,1-3H3. The molecule has 2 unspecified atom stereocenters. The third-order valence-corrected chi connectivity index (χ3v) is 4.96. The first-order valence-corrected chi connectivity index (χ1v) is 8.38. The van der Waals surface area contributed by atoms with E-state index in [0.717, 1.165) is 6.04 Å². The average molecular weight is 267 g/mol. The quantitative estimate of drug-likeness (QED) is 0.825. The Labute approximate surface area is 119 Å². The van der Waals surface area contributed by atoms with Gasteiger partial charge in [0.05, 0.1) is 0 Å². The highest BCUT2D eigenvalue weighted by Gasteiger charge is 2.21. The molecule has 112 valence electrons. The summed E-state index contributed by atoms with van der Waals surface area (Å²) in [7, 11) is 0. The summed E-state index contributed by atoms with van der Waals surface area (Å²) >= 11 is 0. The SMILES string of the molecule is CC(C)N1CCCC(NCC(C)N2CCCC2)CC1. The van der Waals surface area contributed by atoms with Crippen LogP contribution in [0.5, 0.6) is 0 Å². The van der Waals surface area contributed by atoms with Crippen molar-refractivity contribution in [2.24, 2.45) is 0 Å². The molecule has 3 nitrogen and oxygen atoms in total. The maximum absolute atomic E-state index is 3.83. The van der Waals surface area contributed by atoms with Crippen LogP contribution < -0.4 is 5.32 Å². The van der Waals surface area contributed by atoms with E-state index >= 15 is 0 Å². The average Bonchev–Trinajstić information content (AvgIpc) is 2.81. The fraction of sp³-hybridized carbons (Fsp3) is 1.00. The fourth-order valence-corrected chi connectivity index (χ4v) is 3.49. The highest BCUT2D eigenvalue weighted by atomic mass is 15.2. The van der Waals surface area contributed by atoms with Crippen LogP contribution in [0.3, 0.4) is 0 Å². The highest BCUT2D eigenvalue weighted by molar-refractivity contribution is 4.80. The fourth-order valence-electron chi connectivity index (χ4n) is 3.49. The molecular formula is C16H33N3. The molecule has 0 aliphatic carbocycles. The number of hydrogen-bond acceptors (Lipinski definition) is 3. The molecule has 0 saturated carbocycles. The van der Waals surface area contributed by atoms with E-state index in [1.165, 1.54) is 64.8 Å². The number of hydrogen-bond donors (Lipinski definition) is 1. The van der Waals surface area contributed by atoms with E-state index < -0.39 is 0 Å². The van der Waals surface area contributed by atoms with Crippen LogP contribution in [0.15, 0.2) is 0 Å². The molecule has 3 heteroatoms. The van der Waals surface area contributed by atoms with E-state index in [1.807, 2.05) is 0 Å². The molecule has 0 aromatic heterocycles. The van der Waals surface area contributed by atoms with Gasteiger partial charge in [0.1, 0.15) is 0 Å². The molecular weight excluding hydrogens is 234 g/mol. The van der Waals surface area contributed by atoms with Crippen LogP contribution in [0.2, 0.25) is 0 Å². The van der Waals surface area contributed by atoms with Crippen molar-refractivity contribution in [3.05, 3.63) is 0 Å². The third-order valence-electron chi connectivity index (χ3n) is 4.96. The van der Waals surface area contributed by atoms with Crippen LogP contribution in [-0.4, -0.2) is 60.6 Å². The third kappa shape index (κ3) is 4.73. The van der Waals surface area contributed by atoms with Crippen molar-refractivity contribution in [1.82, 2.24) is 15.1 Å². The molecule has 0 aromatic rings. The molecule has 0 spiro atoms. The van der Waals surface area contributed by atoms with Gasteiger partial charge in [-0.3, -0.25) is 4.90 Å². The van der Waals surface area contributed by atoms with Gasteiger partial charge in [-0.2, -0.15) is 0 Å². The first kappa shape index (κ1) is 15.3. The number of likely N-dealkylation sites (tertiary alicyclic amines) is 2. The minimum absolute atomic E-state index is 0.710. The highest BCUT2D eigenvalue weighted by Crippen LogP contribution is 2.15. The van der Waals surface area contributed by atoms with E-state index in [2.05, 4.69) is 35.9 Å². The largest absolute Gasteiger partial charge is 0.312 e. The van der Waals surface area contributed by atoms with Crippen molar-refractivity contribution < 1.29 is 0 Å². The molecule has 0 amide bonds. The lowest BCUT2D eigenvalue weighted by Crippen LogP contribution is -2.42. The Morgan fingerprint density at radius 3 is 2.26 bits per heavy atom. The van der Waals surface area contributed by atoms with Crippen LogP contribution >= 0.6 is 0 Å². The summed E-state index contributed by atoms with van der Waals surface area (Å²) in [4.78, 5) is 5.27. The van der Waals surface area contributed by atoms with Gasteiger partial charge in [0, 0.05) is 24.7 Å². The lowest BCUT2D eigenvalue weighted by atomic mass is 10.1. The number of nitrogens with zero attached hydrogens (tertiary/aromatic N) is 2. The smallest absolute Gasteiger partial charge is 0.0192 e. The molecule has 2 atom stereocenters. The van der Waals surface area contributed by atoms with E-state index in [0.29, 0.717) is 12.1 Å². The van der Waals surface area contributed by atoms with Gasteiger partial charge in [-0.1, -0.05) is 0 Å². The lowest BCUT2D eigenvalue weighted by Gasteiger charge is -2.27.